The van der Waals surface area contributed by atoms with E-state index in [1.807, 2.05) is 4.90 Å². The van der Waals surface area contributed by atoms with Gasteiger partial charge in [0, 0.05) is 50.3 Å². The van der Waals surface area contributed by atoms with Gasteiger partial charge in [0.1, 0.15) is 0 Å². The van der Waals surface area contributed by atoms with Gasteiger partial charge in [-0.2, -0.15) is 4.98 Å². The molecule has 1 aromatic heterocycles. The maximum atomic E-state index is 12.8. The largest absolute Gasteiger partial charge is 0.481 e. The van der Waals surface area contributed by atoms with Crippen molar-refractivity contribution in [3.8, 4) is 5.88 Å². The third-order valence-electron chi connectivity index (χ3n) is 4.47. The summed E-state index contributed by atoms with van der Waals surface area (Å²) < 4.78 is 17.9. The molecule has 0 N–H and O–H groups in total. The van der Waals surface area contributed by atoms with E-state index in [2.05, 4.69) is 14.9 Å². The van der Waals surface area contributed by atoms with Crippen LogP contribution in [-0.4, -0.2) is 60.2 Å². The Morgan fingerprint density at radius 1 is 1.41 bits per heavy atom. The van der Waals surface area contributed by atoms with E-state index in [1.165, 1.54) is 0 Å². The van der Waals surface area contributed by atoms with Crippen LogP contribution in [0.2, 0.25) is 0 Å². The monoisotopic (exact) mass is 308 g/mol. The molecule has 0 saturated carbocycles. The number of amides is 1. The number of halogens is 1. The topological polar surface area (TPSA) is 58.6 Å². The number of methoxy groups -OCH3 is 1. The van der Waals surface area contributed by atoms with Gasteiger partial charge in [0.05, 0.1) is 13.8 Å². The highest BCUT2D eigenvalue weighted by Gasteiger charge is 2.36. The van der Waals surface area contributed by atoms with Crippen LogP contribution in [0.3, 0.4) is 0 Å². The molecule has 0 aromatic carbocycles. The number of carbonyl (C=O) groups excluding carboxylic acids is 1. The Bertz CT molecular complexity index is 534. The van der Waals surface area contributed by atoms with Gasteiger partial charge in [0.2, 0.25) is 17.7 Å². The Balaban J connectivity index is 1.59. The Labute approximate surface area is 129 Å². The molecule has 0 radical (unpaired) electrons. The predicted octanol–water partition coefficient (Wildman–Crippen LogP) is 1.27. The maximum Gasteiger partial charge on any atom is 0.228 e. The summed E-state index contributed by atoms with van der Waals surface area (Å²) in [4.78, 5) is 24.6. The minimum absolute atomic E-state index is 0.0960. The highest BCUT2D eigenvalue weighted by Crippen LogP contribution is 2.27. The lowest BCUT2D eigenvalue weighted by atomic mass is 10.0. The molecular weight excluding hydrogens is 287 g/mol. The third kappa shape index (κ3) is 2.98. The van der Waals surface area contributed by atoms with E-state index in [1.54, 1.807) is 19.4 Å². The lowest BCUT2D eigenvalue weighted by Crippen LogP contribution is -2.46. The fourth-order valence-corrected chi connectivity index (χ4v) is 3.24. The van der Waals surface area contributed by atoms with Gasteiger partial charge in [-0.05, 0) is 12.8 Å². The Hall–Kier alpha value is -1.92. The first-order chi connectivity index (χ1) is 10.7. The van der Waals surface area contributed by atoms with Crippen molar-refractivity contribution in [2.24, 2.45) is 5.92 Å². The van der Waals surface area contributed by atoms with Gasteiger partial charge in [-0.3, -0.25) is 9.18 Å². The third-order valence-corrected chi connectivity index (χ3v) is 4.47. The molecule has 6 nitrogen and oxygen atoms in total. The quantitative estimate of drug-likeness (QED) is 0.838. The van der Waals surface area contributed by atoms with Crippen LogP contribution >= 0.6 is 0 Å². The predicted molar refractivity (Wildman–Crippen MR) is 79.6 cm³/mol. The van der Waals surface area contributed by atoms with Crippen LogP contribution in [0.4, 0.5) is 10.3 Å². The van der Waals surface area contributed by atoms with Gasteiger partial charge in [0.25, 0.3) is 0 Å². The van der Waals surface area contributed by atoms with Crippen molar-refractivity contribution in [1.29, 1.82) is 0 Å². The summed E-state index contributed by atoms with van der Waals surface area (Å²) in [5, 5.41) is 0. The number of ether oxygens (including phenoxy) is 1. The van der Waals surface area contributed by atoms with Crippen molar-refractivity contribution in [2.45, 2.75) is 25.3 Å². The second-order valence-electron chi connectivity index (χ2n) is 5.89. The van der Waals surface area contributed by atoms with Crippen molar-refractivity contribution < 1.29 is 13.9 Å². The number of aromatic nitrogens is 2. The van der Waals surface area contributed by atoms with Crippen LogP contribution in [-0.2, 0) is 4.79 Å². The van der Waals surface area contributed by atoms with Crippen molar-refractivity contribution in [3.05, 3.63) is 12.3 Å². The van der Waals surface area contributed by atoms with Gasteiger partial charge in [-0.15, -0.1) is 0 Å². The van der Waals surface area contributed by atoms with Gasteiger partial charge in [0.15, 0.2) is 0 Å². The molecule has 0 bridgehead atoms. The second-order valence-corrected chi connectivity index (χ2v) is 5.89. The highest BCUT2D eigenvalue weighted by atomic mass is 19.1. The van der Waals surface area contributed by atoms with E-state index in [0.717, 1.165) is 25.9 Å². The molecule has 0 aliphatic carbocycles. The standard InChI is InChI=1S/C15H21FN4O2/c1-22-13-2-5-17-15(18-13)19-6-3-12(4-7-19)20-10-11(9-16)8-14(20)21/h2,5,11-12H,3-4,6-10H2,1H3. The highest BCUT2D eigenvalue weighted by molar-refractivity contribution is 5.79. The number of hydrogen-bond acceptors (Lipinski definition) is 5. The molecular formula is C15H21FN4O2. The molecule has 3 rings (SSSR count). The molecule has 3 heterocycles. The van der Waals surface area contributed by atoms with E-state index in [-0.39, 0.29) is 17.9 Å². The van der Waals surface area contributed by atoms with E-state index in [9.17, 15) is 9.18 Å². The van der Waals surface area contributed by atoms with E-state index in [4.69, 9.17) is 4.74 Å². The molecule has 2 fully saturated rings. The van der Waals surface area contributed by atoms with Crippen molar-refractivity contribution in [2.75, 3.05) is 38.3 Å². The average molecular weight is 308 g/mol. The number of piperidine rings is 1. The number of carbonyl (C=O) groups is 1. The van der Waals surface area contributed by atoms with E-state index < -0.39 is 6.67 Å². The summed E-state index contributed by atoms with van der Waals surface area (Å²) in [5.41, 5.74) is 0. The van der Waals surface area contributed by atoms with Crippen LogP contribution < -0.4 is 9.64 Å². The molecule has 1 amide bonds. The fourth-order valence-electron chi connectivity index (χ4n) is 3.24. The summed E-state index contributed by atoms with van der Waals surface area (Å²) in [6, 6.07) is 1.93. The van der Waals surface area contributed by atoms with Gasteiger partial charge in [-0.1, -0.05) is 0 Å². The smallest absolute Gasteiger partial charge is 0.228 e. The first-order valence-corrected chi connectivity index (χ1v) is 7.68. The fraction of sp³-hybridized carbons (Fsp3) is 0.667. The van der Waals surface area contributed by atoms with Crippen LogP contribution in [0.15, 0.2) is 12.3 Å². The molecule has 1 aromatic rings. The molecule has 22 heavy (non-hydrogen) atoms. The molecule has 1 unspecified atom stereocenters. The number of nitrogens with zero attached hydrogens (tertiary/aromatic N) is 4. The van der Waals surface area contributed by atoms with Crippen LogP contribution in [0, 0.1) is 5.92 Å². The summed E-state index contributed by atoms with van der Waals surface area (Å²) in [6.45, 7) is 1.75. The summed E-state index contributed by atoms with van der Waals surface area (Å²) in [6.07, 6.45) is 3.77. The van der Waals surface area contributed by atoms with Gasteiger partial charge < -0.3 is 14.5 Å². The molecule has 7 heteroatoms. The minimum atomic E-state index is -0.404. The Morgan fingerprint density at radius 2 is 2.18 bits per heavy atom. The first-order valence-electron chi connectivity index (χ1n) is 7.68. The van der Waals surface area contributed by atoms with E-state index >= 15 is 0 Å². The number of anilines is 1. The maximum absolute atomic E-state index is 12.8. The zero-order chi connectivity index (χ0) is 15.5. The normalized spacial score (nSPS) is 23.2. The van der Waals surface area contributed by atoms with Crippen LogP contribution in [0.1, 0.15) is 19.3 Å². The Kier molecular flexibility index (Phi) is 4.40. The number of hydrogen-bond donors (Lipinski definition) is 0. The lowest BCUT2D eigenvalue weighted by molar-refractivity contribution is -0.130. The lowest BCUT2D eigenvalue weighted by Gasteiger charge is -2.36. The van der Waals surface area contributed by atoms with Gasteiger partial charge >= 0.3 is 0 Å². The number of rotatable bonds is 4. The molecule has 2 aliphatic heterocycles. The second kappa shape index (κ2) is 6.46. The van der Waals surface area contributed by atoms with Crippen LogP contribution in [0.5, 0.6) is 5.88 Å². The summed E-state index contributed by atoms with van der Waals surface area (Å²) >= 11 is 0. The number of likely N-dealkylation sites (tertiary alicyclic amines) is 1. The summed E-state index contributed by atoms with van der Waals surface area (Å²) in [5.74, 6) is 1.19. The number of alkyl halides is 1. The van der Waals surface area contributed by atoms with Gasteiger partial charge in [-0.25, -0.2) is 4.98 Å². The zero-order valence-electron chi connectivity index (χ0n) is 12.7. The molecule has 1 atom stereocenters. The Morgan fingerprint density at radius 3 is 2.82 bits per heavy atom. The zero-order valence-corrected chi connectivity index (χ0v) is 12.7. The van der Waals surface area contributed by atoms with E-state index in [0.29, 0.717) is 24.8 Å². The first kappa shape index (κ1) is 15.0. The summed E-state index contributed by atoms with van der Waals surface area (Å²) in [7, 11) is 1.58. The SMILES string of the molecule is COc1ccnc(N2CCC(N3CC(CF)CC3=O)CC2)n1. The van der Waals surface area contributed by atoms with Crippen molar-refractivity contribution in [3.63, 3.8) is 0 Å². The minimum Gasteiger partial charge on any atom is -0.481 e. The van der Waals surface area contributed by atoms with Crippen molar-refractivity contribution >= 4 is 11.9 Å². The molecule has 120 valence electrons. The molecule has 0 spiro atoms. The molecule has 2 saturated heterocycles. The van der Waals surface area contributed by atoms with Crippen molar-refractivity contribution in [1.82, 2.24) is 14.9 Å². The van der Waals surface area contributed by atoms with Crippen LogP contribution in [0.25, 0.3) is 0 Å². The molecule has 2 aliphatic rings. The average Bonchev–Trinajstić information content (AvgIpc) is 2.96.